The lowest BCUT2D eigenvalue weighted by Crippen LogP contribution is -2.43. The Balaban J connectivity index is 1.53. The third kappa shape index (κ3) is 3.82. The zero-order chi connectivity index (χ0) is 17.2. The lowest BCUT2D eigenvalue weighted by molar-refractivity contribution is -0.138. The quantitative estimate of drug-likeness (QED) is 0.922. The molecule has 1 aromatic rings. The van der Waals surface area contributed by atoms with Gasteiger partial charge in [0.15, 0.2) is 0 Å². The normalized spacial score (nSPS) is 22.7. The summed E-state index contributed by atoms with van der Waals surface area (Å²) in [7, 11) is 0. The van der Waals surface area contributed by atoms with E-state index in [1.807, 2.05) is 10.9 Å². The highest BCUT2D eigenvalue weighted by molar-refractivity contribution is 5.79. The van der Waals surface area contributed by atoms with Crippen molar-refractivity contribution in [2.75, 3.05) is 19.7 Å². The smallest absolute Gasteiger partial charge is 0.225 e. The summed E-state index contributed by atoms with van der Waals surface area (Å²) < 4.78 is 1.91. The van der Waals surface area contributed by atoms with Gasteiger partial charge in [-0.3, -0.25) is 9.48 Å². The first-order chi connectivity index (χ1) is 11.5. The monoisotopic (exact) mass is 333 g/mol. The van der Waals surface area contributed by atoms with Gasteiger partial charge >= 0.3 is 0 Å². The minimum atomic E-state index is 0.115. The number of aromatic nitrogens is 2. The van der Waals surface area contributed by atoms with Crippen LogP contribution in [0.15, 0.2) is 12.3 Å². The van der Waals surface area contributed by atoms with Gasteiger partial charge in [0, 0.05) is 36.8 Å². The van der Waals surface area contributed by atoms with E-state index in [0.717, 1.165) is 38.8 Å². The zero-order valence-electron chi connectivity index (χ0n) is 15.1. The second-order valence-electron chi connectivity index (χ2n) is 8.24. The molecule has 0 unspecified atom stereocenters. The molecule has 1 N–H and O–H groups in total. The maximum Gasteiger partial charge on any atom is 0.225 e. The topological polar surface area (TPSA) is 58.4 Å². The van der Waals surface area contributed by atoms with Crippen LogP contribution in [0.4, 0.5) is 0 Å². The summed E-state index contributed by atoms with van der Waals surface area (Å²) in [6.45, 7) is 7.01. The number of rotatable bonds is 4. The molecule has 0 radical (unpaired) electrons. The van der Waals surface area contributed by atoms with Crippen LogP contribution in [0.1, 0.15) is 64.0 Å². The molecule has 2 aliphatic rings. The molecule has 24 heavy (non-hydrogen) atoms. The highest BCUT2D eigenvalue weighted by Crippen LogP contribution is 2.39. The van der Waals surface area contributed by atoms with Gasteiger partial charge in [-0.05, 0) is 50.0 Å². The Kier molecular flexibility index (Phi) is 5.28. The van der Waals surface area contributed by atoms with E-state index < -0.39 is 0 Å². The summed E-state index contributed by atoms with van der Waals surface area (Å²) >= 11 is 0. The Labute approximate surface area is 145 Å². The second-order valence-corrected chi connectivity index (χ2v) is 8.24. The van der Waals surface area contributed by atoms with Crippen molar-refractivity contribution in [1.82, 2.24) is 14.7 Å². The molecule has 3 rings (SSSR count). The van der Waals surface area contributed by atoms with Crippen LogP contribution in [0.3, 0.4) is 0 Å². The van der Waals surface area contributed by atoms with E-state index in [1.165, 1.54) is 18.5 Å². The molecule has 0 spiro atoms. The average Bonchev–Trinajstić information content (AvgIpc) is 3.03. The molecule has 134 valence electrons. The first-order valence-electron chi connectivity index (χ1n) is 9.41. The van der Waals surface area contributed by atoms with Crippen molar-refractivity contribution in [1.29, 1.82) is 0 Å². The first-order valence-corrected chi connectivity index (χ1v) is 9.41. The van der Waals surface area contributed by atoms with Gasteiger partial charge in [0.1, 0.15) is 0 Å². The predicted molar refractivity (Wildman–Crippen MR) is 93.6 cm³/mol. The Hall–Kier alpha value is -1.36. The van der Waals surface area contributed by atoms with Gasteiger partial charge in [-0.25, -0.2) is 0 Å². The van der Waals surface area contributed by atoms with E-state index in [-0.39, 0.29) is 12.5 Å². The maximum absolute atomic E-state index is 12.8. The zero-order valence-corrected chi connectivity index (χ0v) is 15.1. The summed E-state index contributed by atoms with van der Waals surface area (Å²) in [4.78, 5) is 14.9. The van der Waals surface area contributed by atoms with Crippen LogP contribution in [0.2, 0.25) is 0 Å². The number of carbonyl (C=O) groups excluding carboxylic acids is 1. The fourth-order valence-corrected chi connectivity index (χ4v) is 4.27. The van der Waals surface area contributed by atoms with Crippen LogP contribution in [-0.2, 0) is 11.3 Å². The van der Waals surface area contributed by atoms with E-state index in [1.54, 1.807) is 0 Å². The number of hydrogen-bond acceptors (Lipinski definition) is 3. The number of aliphatic hydroxyl groups excluding tert-OH is 1. The van der Waals surface area contributed by atoms with Crippen molar-refractivity contribution >= 4 is 5.91 Å². The van der Waals surface area contributed by atoms with Crippen molar-refractivity contribution in [3.8, 4) is 0 Å². The average molecular weight is 333 g/mol. The van der Waals surface area contributed by atoms with E-state index in [0.29, 0.717) is 23.8 Å². The maximum atomic E-state index is 12.8. The summed E-state index contributed by atoms with van der Waals surface area (Å²) in [5.41, 5.74) is 1.62. The van der Waals surface area contributed by atoms with E-state index in [9.17, 15) is 4.79 Å². The number of likely N-dealkylation sites (tertiary alicyclic amines) is 1. The molecule has 1 amide bonds. The predicted octanol–water partition coefficient (Wildman–Crippen LogP) is 2.80. The number of piperidine rings is 1. The van der Waals surface area contributed by atoms with Crippen LogP contribution < -0.4 is 0 Å². The van der Waals surface area contributed by atoms with Crippen LogP contribution in [0, 0.1) is 11.3 Å². The molecule has 0 bridgehead atoms. The Morgan fingerprint density at radius 2 is 1.92 bits per heavy atom. The van der Waals surface area contributed by atoms with Gasteiger partial charge in [0.25, 0.3) is 0 Å². The van der Waals surface area contributed by atoms with Crippen LogP contribution in [0.5, 0.6) is 0 Å². The lowest BCUT2D eigenvalue weighted by Gasteiger charge is -2.38. The third-order valence-electron chi connectivity index (χ3n) is 5.97. The van der Waals surface area contributed by atoms with Gasteiger partial charge < -0.3 is 10.0 Å². The second kappa shape index (κ2) is 7.26. The molecule has 5 nitrogen and oxygen atoms in total. The molecule has 5 heteroatoms. The third-order valence-corrected chi connectivity index (χ3v) is 5.97. The lowest BCUT2D eigenvalue weighted by atomic mass is 9.72. The highest BCUT2D eigenvalue weighted by atomic mass is 16.3. The molecule has 1 aliphatic heterocycles. The molecule has 2 heterocycles. The molecule has 2 fully saturated rings. The van der Waals surface area contributed by atoms with Crippen LogP contribution >= 0.6 is 0 Å². The van der Waals surface area contributed by atoms with Crippen molar-refractivity contribution in [3.63, 3.8) is 0 Å². The van der Waals surface area contributed by atoms with Crippen molar-refractivity contribution < 1.29 is 9.90 Å². The SMILES string of the molecule is CC1(C)CCC(C(=O)N2CCC(c3ccnn3CCO)CC2)CC1. The number of aliphatic hydroxyl groups is 1. The number of nitrogens with zero attached hydrogens (tertiary/aromatic N) is 3. The molecular weight excluding hydrogens is 302 g/mol. The van der Waals surface area contributed by atoms with Gasteiger partial charge in [0.05, 0.1) is 13.2 Å². The number of hydrogen-bond donors (Lipinski definition) is 1. The molecule has 1 aliphatic carbocycles. The van der Waals surface area contributed by atoms with E-state index in [4.69, 9.17) is 5.11 Å². The van der Waals surface area contributed by atoms with Gasteiger partial charge in [-0.2, -0.15) is 5.10 Å². The fraction of sp³-hybridized carbons (Fsp3) is 0.789. The summed E-state index contributed by atoms with van der Waals surface area (Å²) in [6.07, 6.45) is 8.25. The van der Waals surface area contributed by atoms with E-state index >= 15 is 0 Å². The van der Waals surface area contributed by atoms with Gasteiger partial charge in [0.2, 0.25) is 5.91 Å². The molecule has 1 aromatic heterocycles. The molecule has 0 aromatic carbocycles. The summed E-state index contributed by atoms with van der Waals surface area (Å²) in [5.74, 6) is 1.08. The Morgan fingerprint density at radius 3 is 2.54 bits per heavy atom. The molecule has 1 saturated heterocycles. The van der Waals surface area contributed by atoms with Crippen molar-refractivity contribution in [3.05, 3.63) is 18.0 Å². The first kappa shape index (κ1) is 17.5. The highest BCUT2D eigenvalue weighted by Gasteiger charge is 2.34. The molecule has 1 saturated carbocycles. The van der Waals surface area contributed by atoms with Crippen LogP contribution in [-0.4, -0.2) is 45.4 Å². The largest absolute Gasteiger partial charge is 0.394 e. The minimum Gasteiger partial charge on any atom is -0.394 e. The van der Waals surface area contributed by atoms with Crippen molar-refractivity contribution in [2.45, 2.75) is 64.8 Å². The molecular formula is C19H31N3O2. The number of carbonyl (C=O) groups is 1. The standard InChI is InChI=1S/C19H31N3O2/c1-19(2)8-3-16(4-9-19)18(24)21-11-6-15(7-12-21)17-5-10-20-22(17)13-14-23/h5,10,15-16,23H,3-4,6-9,11-14H2,1-2H3. The fourth-order valence-electron chi connectivity index (χ4n) is 4.27. The Morgan fingerprint density at radius 1 is 1.25 bits per heavy atom. The number of amides is 1. The Bertz CT molecular complexity index is 549. The van der Waals surface area contributed by atoms with Gasteiger partial charge in [-0.15, -0.1) is 0 Å². The minimum absolute atomic E-state index is 0.115. The van der Waals surface area contributed by atoms with E-state index in [2.05, 4.69) is 29.9 Å². The summed E-state index contributed by atoms with van der Waals surface area (Å²) in [5, 5.41) is 13.4. The van der Waals surface area contributed by atoms with Crippen LogP contribution in [0.25, 0.3) is 0 Å². The summed E-state index contributed by atoms with van der Waals surface area (Å²) in [6, 6.07) is 2.06. The molecule has 0 atom stereocenters. The van der Waals surface area contributed by atoms with Crippen molar-refractivity contribution in [2.24, 2.45) is 11.3 Å². The van der Waals surface area contributed by atoms with Gasteiger partial charge in [-0.1, -0.05) is 13.8 Å².